The van der Waals surface area contributed by atoms with E-state index in [0.29, 0.717) is 71.5 Å². The quantitative estimate of drug-likeness (QED) is 0.109. The third kappa shape index (κ3) is 18.8. The van der Waals surface area contributed by atoms with Crippen LogP contribution in [-0.4, -0.2) is 190 Å². The van der Waals surface area contributed by atoms with Gasteiger partial charge in [-0.1, -0.05) is 12.1 Å². The summed E-state index contributed by atoms with van der Waals surface area (Å²) in [6.45, 7) is 8.80. The van der Waals surface area contributed by atoms with Gasteiger partial charge in [0.05, 0.1) is 59.3 Å². The summed E-state index contributed by atoms with van der Waals surface area (Å²) in [6, 6.07) is 6.65. The van der Waals surface area contributed by atoms with Crippen molar-refractivity contribution >= 4 is 23.9 Å². The Morgan fingerprint density at radius 1 is 0.612 bits per heavy atom. The normalized spacial score (nSPS) is 16.7. The summed E-state index contributed by atoms with van der Waals surface area (Å²) in [7, 11) is 0. The lowest BCUT2D eigenvalue weighted by Crippen LogP contribution is -2.52. The molecule has 1 unspecified atom stereocenters. The fourth-order valence-electron chi connectivity index (χ4n) is 5.26. The lowest BCUT2D eigenvalue weighted by molar-refractivity contribution is -0.150. The molecule has 3 N–H and O–H groups in total. The van der Waals surface area contributed by atoms with Crippen LogP contribution in [0.1, 0.15) is 19.4 Å². The predicted octanol–water partition coefficient (Wildman–Crippen LogP) is 0.0847. The molecular weight excluding hydrogens is 644 g/mol. The number of hydrogen-bond acceptors (Lipinski definition) is 13. The molecule has 0 aliphatic carbocycles. The number of benzene rings is 1. The Bertz CT molecular complexity index is 1080. The van der Waals surface area contributed by atoms with Crippen LogP contribution in [0.5, 0.6) is 5.75 Å². The average Bonchev–Trinajstić information content (AvgIpc) is 3.05. The molecule has 16 nitrogen and oxygen atoms in total. The topological polar surface area (TPSA) is 188 Å². The van der Waals surface area contributed by atoms with Crippen LogP contribution in [-0.2, 0) is 44.5 Å². The van der Waals surface area contributed by atoms with Crippen molar-refractivity contribution in [1.82, 2.24) is 19.6 Å². The number of carboxylic acids is 3. The molecule has 0 spiro atoms. The van der Waals surface area contributed by atoms with E-state index in [1.54, 1.807) is 21.6 Å². The Morgan fingerprint density at radius 2 is 1.04 bits per heavy atom. The van der Waals surface area contributed by atoms with Crippen LogP contribution in [0.3, 0.4) is 0 Å². The predicted molar refractivity (Wildman–Crippen MR) is 178 cm³/mol. The molecule has 1 atom stereocenters. The number of rotatable bonds is 22. The number of hydrogen-bond donors (Lipinski definition) is 3. The fourth-order valence-corrected chi connectivity index (χ4v) is 5.26. The van der Waals surface area contributed by atoms with Crippen LogP contribution in [0.2, 0.25) is 0 Å². The molecule has 0 amide bonds. The van der Waals surface area contributed by atoms with Gasteiger partial charge in [-0.15, -0.1) is 0 Å². The molecule has 1 aliphatic rings. The largest absolute Gasteiger partial charge is 0.491 e. The number of carbonyl (C=O) groups is 4. The molecule has 1 aliphatic heterocycles. The van der Waals surface area contributed by atoms with Gasteiger partial charge in [0.1, 0.15) is 18.4 Å². The van der Waals surface area contributed by atoms with E-state index in [1.165, 1.54) is 0 Å². The number of nitrogens with zero attached hydrogens (tertiary/aromatic N) is 4. The average molecular weight is 699 g/mol. The first-order valence-electron chi connectivity index (χ1n) is 16.8. The number of carboxylic acid groups (broad SMARTS) is 3. The molecule has 0 bridgehead atoms. The zero-order chi connectivity index (χ0) is 35.9. The molecule has 1 aromatic carbocycles. The van der Waals surface area contributed by atoms with E-state index in [9.17, 15) is 34.5 Å². The van der Waals surface area contributed by atoms with E-state index in [-0.39, 0.29) is 65.5 Å². The minimum absolute atomic E-state index is 0.174. The Balaban J connectivity index is 2.11. The maximum Gasteiger partial charge on any atom is 0.323 e. The van der Waals surface area contributed by atoms with Crippen molar-refractivity contribution in [3.05, 3.63) is 29.8 Å². The molecule has 2 rings (SSSR count). The fraction of sp³-hybridized carbons (Fsp3) is 0.697. The SMILES string of the molecule is CCOCCOCCOCCOc1ccc(CC(C(=O)OCC)N2CCN(CC(=O)O)CCN(CC(=O)O)CCN(CC(=O)O)CC2)cc1. The maximum absolute atomic E-state index is 13.4. The molecule has 16 heteroatoms. The summed E-state index contributed by atoms with van der Waals surface area (Å²) >= 11 is 0. The molecule has 0 radical (unpaired) electrons. The number of aliphatic carboxylic acids is 3. The molecule has 0 aromatic heterocycles. The van der Waals surface area contributed by atoms with Crippen molar-refractivity contribution in [1.29, 1.82) is 0 Å². The first-order chi connectivity index (χ1) is 23.6. The molecule has 0 saturated carbocycles. The summed E-state index contributed by atoms with van der Waals surface area (Å²) in [6.07, 6.45) is 0.301. The Labute approximate surface area is 288 Å². The molecule has 49 heavy (non-hydrogen) atoms. The third-order valence-corrected chi connectivity index (χ3v) is 7.74. The van der Waals surface area contributed by atoms with Gasteiger partial charge in [-0.2, -0.15) is 0 Å². The van der Waals surface area contributed by atoms with E-state index in [4.69, 9.17) is 23.7 Å². The molecule has 278 valence electrons. The highest BCUT2D eigenvalue weighted by atomic mass is 16.6. The highest BCUT2D eigenvalue weighted by Gasteiger charge is 2.29. The first kappa shape index (κ1) is 41.8. The number of ether oxygens (including phenoxy) is 5. The standard InChI is InChI=1S/C33H54N4O12/c1-3-45-17-18-46-19-20-47-21-22-49-28-7-5-27(6-8-28)23-29(33(44)48-4-2)37-15-13-35(25-31(40)41)11-9-34(24-30(38)39)10-12-36(14-16-37)26-32(42)43/h5-8,29H,3-4,9-26H2,1-2H3,(H,38,39)(H,40,41)(H,42,43). The van der Waals surface area contributed by atoms with Crippen molar-refractivity contribution in [2.45, 2.75) is 26.3 Å². The molecule has 1 aromatic rings. The number of esters is 1. The molecule has 1 fully saturated rings. The van der Waals surface area contributed by atoms with Crippen molar-refractivity contribution in [3.8, 4) is 5.75 Å². The van der Waals surface area contributed by atoms with Gasteiger partial charge in [-0.3, -0.25) is 38.8 Å². The lowest BCUT2D eigenvalue weighted by atomic mass is 10.0. The van der Waals surface area contributed by atoms with Crippen LogP contribution in [0, 0.1) is 0 Å². The van der Waals surface area contributed by atoms with Gasteiger partial charge in [0.2, 0.25) is 0 Å². The van der Waals surface area contributed by atoms with E-state index >= 15 is 0 Å². The highest BCUT2D eigenvalue weighted by Crippen LogP contribution is 2.17. The van der Waals surface area contributed by atoms with E-state index in [1.807, 2.05) is 36.1 Å². The second kappa shape index (κ2) is 24.7. The summed E-state index contributed by atoms with van der Waals surface area (Å²) in [5, 5.41) is 28.5. The van der Waals surface area contributed by atoms with E-state index in [0.717, 1.165) is 5.56 Å². The minimum Gasteiger partial charge on any atom is -0.491 e. The maximum atomic E-state index is 13.4. The van der Waals surface area contributed by atoms with Gasteiger partial charge < -0.3 is 39.0 Å². The van der Waals surface area contributed by atoms with E-state index in [2.05, 4.69) is 0 Å². The highest BCUT2D eigenvalue weighted by molar-refractivity contribution is 5.76. The summed E-state index contributed by atoms with van der Waals surface area (Å²) in [4.78, 5) is 55.2. The zero-order valence-corrected chi connectivity index (χ0v) is 28.8. The Kier molecular flexibility index (Phi) is 21.1. The summed E-state index contributed by atoms with van der Waals surface area (Å²) in [5.74, 6) is -2.85. The van der Waals surface area contributed by atoms with Gasteiger partial charge in [0.15, 0.2) is 0 Å². The van der Waals surface area contributed by atoms with Gasteiger partial charge in [-0.25, -0.2) is 0 Å². The zero-order valence-electron chi connectivity index (χ0n) is 28.8. The van der Waals surface area contributed by atoms with Crippen molar-refractivity contribution < 1.29 is 58.2 Å². The summed E-state index contributed by atoms with van der Waals surface area (Å²) < 4.78 is 27.4. The molecule has 1 saturated heterocycles. The van der Waals surface area contributed by atoms with E-state index < -0.39 is 29.9 Å². The van der Waals surface area contributed by atoms with Crippen LogP contribution in [0.15, 0.2) is 24.3 Å². The Morgan fingerprint density at radius 3 is 1.47 bits per heavy atom. The Hall–Kier alpha value is -3.38. The molecular formula is C33H54N4O12. The van der Waals surface area contributed by atoms with Gasteiger partial charge in [0.25, 0.3) is 0 Å². The minimum atomic E-state index is -1.02. The van der Waals surface area contributed by atoms with Gasteiger partial charge in [-0.05, 0) is 38.0 Å². The van der Waals surface area contributed by atoms with Crippen molar-refractivity contribution in [2.24, 2.45) is 0 Å². The van der Waals surface area contributed by atoms with Crippen LogP contribution in [0.4, 0.5) is 0 Å². The smallest absolute Gasteiger partial charge is 0.323 e. The second-order valence-electron chi connectivity index (χ2n) is 11.4. The van der Waals surface area contributed by atoms with Crippen LogP contribution < -0.4 is 4.74 Å². The van der Waals surface area contributed by atoms with Crippen molar-refractivity contribution in [2.75, 3.05) is 125 Å². The van der Waals surface area contributed by atoms with Crippen LogP contribution >= 0.6 is 0 Å². The first-order valence-corrected chi connectivity index (χ1v) is 16.8. The lowest BCUT2D eigenvalue weighted by Gasteiger charge is -2.36. The van der Waals surface area contributed by atoms with Crippen molar-refractivity contribution in [3.63, 3.8) is 0 Å². The van der Waals surface area contributed by atoms with Gasteiger partial charge >= 0.3 is 23.9 Å². The third-order valence-electron chi connectivity index (χ3n) is 7.74. The second-order valence-corrected chi connectivity index (χ2v) is 11.4. The summed E-state index contributed by atoms with van der Waals surface area (Å²) in [5.41, 5.74) is 0.853. The monoisotopic (exact) mass is 698 g/mol. The van der Waals surface area contributed by atoms with Gasteiger partial charge in [0, 0.05) is 59.0 Å². The number of carbonyl (C=O) groups excluding carboxylic acids is 1. The van der Waals surface area contributed by atoms with Crippen LogP contribution in [0.25, 0.3) is 0 Å². The molecule has 1 heterocycles.